The minimum Gasteiger partial charge on any atom is -0.493 e. The Labute approximate surface area is 221 Å². The van der Waals surface area contributed by atoms with Crippen molar-refractivity contribution >= 4 is 11.8 Å². The van der Waals surface area contributed by atoms with Crippen LogP contribution in [0.15, 0.2) is 36.4 Å². The molecule has 7 heteroatoms. The average Bonchev–Trinajstić information content (AvgIpc) is 2.92. The molecule has 3 rings (SSSR count). The summed E-state index contributed by atoms with van der Waals surface area (Å²) in [6.45, 7) is 3.06. The van der Waals surface area contributed by atoms with Gasteiger partial charge in [0.2, 0.25) is 17.6 Å². The van der Waals surface area contributed by atoms with Crippen LogP contribution in [0.3, 0.4) is 0 Å². The zero-order valence-corrected chi connectivity index (χ0v) is 23.0. The number of methoxy groups -OCH3 is 3. The summed E-state index contributed by atoms with van der Waals surface area (Å²) in [5.74, 6) is 1.78. The Kier molecular flexibility index (Phi) is 10.7. The van der Waals surface area contributed by atoms with Crippen molar-refractivity contribution in [2.24, 2.45) is 0 Å². The number of carbonyl (C=O) groups is 2. The highest BCUT2D eigenvalue weighted by Gasteiger charge is 2.36. The lowest BCUT2D eigenvalue weighted by molar-refractivity contribution is -0.154. The van der Waals surface area contributed by atoms with E-state index >= 15 is 0 Å². The number of carbonyl (C=O) groups excluding carboxylic acids is 2. The Morgan fingerprint density at radius 2 is 1.41 bits per heavy atom. The van der Waals surface area contributed by atoms with Crippen LogP contribution >= 0.6 is 0 Å². The summed E-state index contributed by atoms with van der Waals surface area (Å²) >= 11 is 0. The molecule has 2 aromatic rings. The van der Waals surface area contributed by atoms with Gasteiger partial charge in [-0.2, -0.15) is 0 Å². The van der Waals surface area contributed by atoms with Gasteiger partial charge in [-0.3, -0.25) is 9.59 Å². The summed E-state index contributed by atoms with van der Waals surface area (Å²) in [5.41, 5.74) is 2.93. The van der Waals surface area contributed by atoms with Crippen molar-refractivity contribution in [1.82, 2.24) is 9.80 Å². The predicted octanol–water partition coefficient (Wildman–Crippen LogP) is 5.34. The molecule has 0 N–H and O–H groups in total. The number of hydrogen-bond donors (Lipinski definition) is 0. The third kappa shape index (κ3) is 7.18. The van der Waals surface area contributed by atoms with Crippen LogP contribution in [0.1, 0.15) is 57.4 Å². The highest BCUT2D eigenvalue weighted by atomic mass is 16.5. The minimum absolute atomic E-state index is 0.00147. The monoisotopic (exact) mass is 510 g/mol. The molecule has 2 aromatic carbocycles. The van der Waals surface area contributed by atoms with Gasteiger partial charge in [0.25, 0.3) is 0 Å². The van der Waals surface area contributed by atoms with Gasteiger partial charge in [-0.05, 0) is 35.2 Å². The van der Waals surface area contributed by atoms with Gasteiger partial charge in [0.1, 0.15) is 6.04 Å². The normalized spacial score (nSPS) is 15.8. The van der Waals surface area contributed by atoms with Crippen molar-refractivity contribution in [3.8, 4) is 28.4 Å². The van der Waals surface area contributed by atoms with E-state index in [1.165, 1.54) is 32.1 Å². The zero-order chi connectivity index (χ0) is 26.8. The summed E-state index contributed by atoms with van der Waals surface area (Å²) in [6, 6.07) is 11.4. The number of ether oxygens (including phenoxy) is 3. The molecule has 0 unspecified atom stereocenters. The first-order chi connectivity index (χ1) is 17.9. The molecule has 0 aromatic heterocycles. The Bertz CT molecular complexity index is 1010. The van der Waals surface area contributed by atoms with E-state index in [0.29, 0.717) is 30.2 Å². The van der Waals surface area contributed by atoms with Crippen LogP contribution in [-0.2, 0) is 16.0 Å². The molecule has 0 aliphatic carbocycles. The molecule has 37 heavy (non-hydrogen) atoms. The van der Waals surface area contributed by atoms with E-state index in [-0.39, 0.29) is 18.4 Å². The van der Waals surface area contributed by atoms with Gasteiger partial charge in [0.05, 0.1) is 27.9 Å². The van der Waals surface area contributed by atoms with Crippen LogP contribution in [0.2, 0.25) is 0 Å². The van der Waals surface area contributed by atoms with E-state index in [9.17, 15) is 9.59 Å². The SMILES string of the molecule is CCCCCCCCCN1CC(=O)N(C)[C@@H](Cc2ccc(-c3cc(OC)c(OC)c(OC)c3)cc2)C1=O. The summed E-state index contributed by atoms with van der Waals surface area (Å²) in [6.07, 6.45) is 8.79. The number of piperazine rings is 1. The van der Waals surface area contributed by atoms with Crippen LogP contribution in [0.5, 0.6) is 17.2 Å². The van der Waals surface area contributed by atoms with Crippen molar-refractivity contribution in [1.29, 1.82) is 0 Å². The average molecular weight is 511 g/mol. The van der Waals surface area contributed by atoms with Crippen LogP contribution in [0, 0.1) is 0 Å². The number of amides is 2. The Morgan fingerprint density at radius 3 is 1.97 bits per heavy atom. The number of rotatable bonds is 14. The van der Waals surface area contributed by atoms with E-state index in [1.807, 2.05) is 36.4 Å². The Balaban J connectivity index is 1.65. The lowest BCUT2D eigenvalue weighted by Gasteiger charge is -2.38. The first-order valence-corrected chi connectivity index (χ1v) is 13.4. The second-order valence-corrected chi connectivity index (χ2v) is 9.72. The second-order valence-electron chi connectivity index (χ2n) is 9.72. The molecule has 0 saturated carbocycles. The molecule has 2 amide bonds. The van der Waals surface area contributed by atoms with Gasteiger partial charge in [0, 0.05) is 20.0 Å². The minimum atomic E-state index is -0.474. The summed E-state index contributed by atoms with van der Waals surface area (Å²) in [5, 5.41) is 0. The molecule has 1 aliphatic rings. The maximum Gasteiger partial charge on any atom is 0.246 e. The largest absolute Gasteiger partial charge is 0.493 e. The molecular formula is C30H42N2O5. The van der Waals surface area contributed by atoms with E-state index in [1.54, 1.807) is 38.2 Å². The third-order valence-electron chi connectivity index (χ3n) is 7.20. The molecule has 0 spiro atoms. The van der Waals surface area contributed by atoms with E-state index < -0.39 is 6.04 Å². The predicted molar refractivity (Wildman–Crippen MR) is 146 cm³/mol. The lowest BCUT2D eigenvalue weighted by Crippen LogP contribution is -2.59. The van der Waals surface area contributed by atoms with Gasteiger partial charge < -0.3 is 24.0 Å². The van der Waals surface area contributed by atoms with Crippen molar-refractivity contribution < 1.29 is 23.8 Å². The first kappa shape index (κ1) is 28.4. The Morgan fingerprint density at radius 1 is 0.811 bits per heavy atom. The van der Waals surface area contributed by atoms with Crippen molar-refractivity contribution in [2.75, 3.05) is 41.5 Å². The number of hydrogen-bond acceptors (Lipinski definition) is 5. The van der Waals surface area contributed by atoms with E-state index in [0.717, 1.165) is 29.5 Å². The fraction of sp³-hybridized carbons (Fsp3) is 0.533. The zero-order valence-electron chi connectivity index (χ0n) is 23.0. The topological polar surface area (TPSA) is 68.3 Å². The van der Waals surface area contributed by atoms with E-state index in [2.05, 4.69) is 6.92 Å². The molecule has 1 heterocycles. The van der Waals surface area contributed by atoms with Gasteiger partial charge in [-0.25, -0.2) is 0 Å². The van der Waals surface area contributed by atoms with Crippen LogP contribution in [-0.4, -0.2) is 69.1 Å². The number of likely N-dealkylation sites (N-methyl/N-ethyl adjacent to an activating group) is 1. The molecule has 202 valence electrons. The molecule has 1 fully saturated rings. The molecule has 7 nitrogen and oxygen atoms in total. The molecular weight excluding hydrogens is 468 g/mol. The standard InChI is InChI=1S/C30H42N2O5/c1-6-7-8-9-10-11-12-17-32-21-28(33)31(2)25(30(32)34)18-22-13-15-23(16-14-22)24-19-26(35-3)29(37-5)27(20-24)36-4/h13-16,19-20,25H,6-12,17-18,21H2,1-5H3/t25-/m0/s1. The molecule has 1 saturated heterocycles. The van der Waals surface area contributed by atoms with Crippen LogP contribution in [0.4, 0.5) is 0 Å². The lowest BCUT2D eigenvalue weighted by atomic mass is 9.98. The van der Waals surface area contributed by atoms with Crippen LogP contribution in [0.25, 0.3) is 11.1 Å². The number of benzene rings is 2. The third-order valence-corrected chi connectivity index (χ3v) is 7.20. The number of unbranched alkanes of at least 4 members (excludes halogenated alkanes) is 6. The molecule has 1 aliphatic heterocycles. The van der Waals surface area contributed by atoms with Crippen molar-refractivity contribution in [3.05, 3.63) is 42.0 Å². The molecule has 1 atom stereocenters. The second kappa shape index (κ2) is 13.9. The van der Waals surface area contributed by atoms with Crippen molar-refractivity contribution in [3.63, 3.8) is 0 Å². The maximum absolute atomic E-state index is 13.3. The highest BCUT2D eigenvalue weighted by Crippen LogP contribution is 2.41. The van der Waals surface area contributed by atoms with E-state index in [4.69, 9.17) is 14.2 Å². The highest BCUT2D eigenvalue weighted by molar-refractivity contribution is 5.95. The fourth-order valence-electron chi connectivity index (χ4n) is 4.88. The van der Waals surface area contributed by atoms with Crippen LogP contribution < -0.4 is 14.2 Å². The summed E-state index contributed by atoms with van der Waals surface area (Å²) in [7, 11) is 6.51. The van der Waals surface area contributed by atoms with Gasteiger partial charge in [0.15, 0.2) is 11.5 Å². The maximum atomic E-state index is 13.3. The quantitative estimate of drug-likeness (QED) is 0.321. The Hall–Kier alpha value is -3.22. The summed E-state index contributed by atoms with van der Waals surface area (Å²) in [4.78, 5) is 29.3. The summed E-state index contributed by atoms with van der Waals surface area (Å²) < 4.78 is 16.4. The fourth-order valence-corrected chi connectivity index (χ4v) is 4.88. The van der Waals surface area contributed by atoms with Gasteiger partial charge in [-0.1, -0.05) is 69.7 Å². The van der Waals surface area contributed by atoms with Gasteiger partial charge >= 0.3 is 0 Å². The number of nitrogens with zero attached hydrogens (tertiary/aromatic N) is 2. The molecule has 0 radical (unpaired) electrons. The van der Waals surface area contributed by atoms with Gasteiger partial charge in [-0.15, -0.1) is 0 Å². The molecule has 0 bridgehead atoms. The van der Waals surface area contributed by atoms with Crippen molar-refractivity contribution in [2.45, 2.75) is 64.3 Å². The first-order valence-electron chi connectivity index (χ1n) is 13.4. The smallest absolute Gasteiger partial charge is 0.246 e.